The molecule has 0 atom stereocenters. The van der Waals surface area contributed by atoms with Gasteiger partial charge in [0, 0.05) is 18.1 Å². The van der Waals surface area contributed by atoms with Gasteiger partial charge in [0.05, 0.1) is 0 Å². The van der Waals surface area contributed by atoms with Crippen LogP contribution < -0.4 is 11.1 Å². The first-order valence-corrected chi connectivity index (χ1v) is 6.17. The first-order valence-electron chi connectivity index (χ1n) is 5.40. The number of nitrogens with zero attached hydrogens (tertiary/aromatic N) is 2. The molecule has 0 saturated heterocycles. The van der Waals surface area contributed by atoms with Gasteiger partial charge in [-0.2, -0.15) is 4.37 Å². The smallest absolute Gasteiger partial charge is 0.202 e. The zero-order valence-electron chi connectivity index (χ0n) is 9.71. The summed E-state index contributed by atoms with van der Waals surface area (Å²) in [6.45, 7) is 7.86. The molecule has 0 aliphatic carbocycles. The van der Waals surface area contributed by atoms with E-state index < -0.39 is 0 Å². The Labute approximate surface area is 95.5 Å². The van der Waals surface area contributed by atoms with E-state index in [1.54, 1.807) is 0 Å². The van der Waals surface area contributed by atoms with Crippen molar-refractivity contribution in [2.24, 2.45) is 11.1 Å². The predicted octanol–water partition coefficient (Wildman–Crippen LogP) is 2.02. The van der Waals surface area contributed by atoms with Gasteiger partial charge in [0.2, 0.25) is 5.13 Å². The molecule has 0 aromatic carbocycles. The number of aromatic nitrogens is 2. The SMILES string of the molecule is CCC(CC)(CN)CNc1nc(C)ns1. The van der Waals surface area contributed by atoms with E-state index in [4.69, 9.17) is 5.73 Å². The quantitative estimate of drug-likeness (QED) is 0.782. The molecule has 1 aromatic heterocycles. The van der Waals surface area contributed by atoms with Crippen molar-refractivity contribution >= 4 is 16.7 Å². The molecule has 1 aromatic rings. The maximum atomic E-state index is 5.83. The van der Waals surface area contributed by atoms with Crippen LogP contribution in [0, 0.1) is 12.3 Å². The third-order valence-electron chi connectivity index (χ3n) is 3.08. The second-order valence-corrected chi connectivity index (χ2v) is 4.66. The van der Waals surface area contributed by atoms with Gasteiger partial charge in [-0.3, -0.25) is 0 Å². The molecule has 5 heteroatoms. The third-order valence-corrected chi connectivity index (χ3v) is 3.84. The van der Waals surface area contributed by atoms with Gasteiger partial charge in [0.25, 0.3) is 0 Å². The fourth-order valence-electron chi connectivity index (χ4n) is 1.49. The monoisotopic (exact) mass is 228 g/mol. The van der Waals surface area contributed by atoms with Crippen molar-refractivity contribution < 1.29 is 0 Å². The van der Waals surface area contributed by atoms with Gasteiger partial charge in [-0.05, 0) is 31.7 Å². The number of rotatable bonds is 6. The standard InChI is InChI=1S/C10H20N4S/c1-4-10(5-2,6-11)7-12-9-13-8(3)14-15-9/h4-7,11H2,1-3H3,(H,12,13,14). The van der Waals surface area contributed by atoms with E-state index in [-0.39, 0.29) is 5.41 Å². The lowest BCUT2D eigenvalue weighted by Gasteiger charge is -2.30. The van der Waals surface area contributed by atoms with Crippen LogP contribution in [0.3, 0.4) is 0 Å². The number of aryl methyl sites for hydroxylation is 1. The Morgan fingerprint density at radius 1 is 1.40 bits per heavy atom. The van der Waals surface area contributed by atoms with Gasteiger partial charge in [-0.25, -0.2) is 4.98 Å². The Hall–Kier alpha value is -0.680. The summed E-state index contributed by atoms with van der Waals surface area (Å²) >= 11 is 1.41. The summed E-state index contributed by atoms with van der Waals surface area (Å²) in [4.78, 5) is 4.27. The minimum Gasteiger partial charge on any atom is -0.360 e. The van der Waals surface area contributed by atoms with Crippen LogP contribution in [0.2, 0.25) is 0 Å². The Bertz CT molecular complexity index is 285. The maximum Gasteiger partial charge on any atom is 0.202 e. The van der Waals surface area contributed by atoms with E-state index in [2.05, 4.69) is 28.5 Å². The molecule has 0 unspecified atom stereocenters. The summed E-state index contributed by atoms with van der Waals surface area (Å²) in [6.07, 6.45) is 2.18. The first-order chi connectivity index (χ1) is 7.15. The minimum atomic E-state index is 0.194. The summed E-state index contributed by atoms with van der Waals surface area (Å²) in [5.74, 6) is 0.828. The first kappa shape index (κ1) is 12.4. The van der Waals surface area contributed by atoms with E-state index >= 15 is 0 Å². The van der Waals surface area contributed by atoms with Crippen LogP contribution in [0.4, 0.5) is 5.13 Å². The number of hydrogen-bond donors (Lipinski definition) is 2. The highest BCUT2D eigenvalue weighted by Crippen LogP contribution is 2.25. The molecule has 0 aliphatic rings. The molecule has 0 aliphatic heterocycles. The van der Waals surface area contributed by atoms with Crippen molar-refractivity contribution in [2.75, 3.05) is 18.4 Å². The van der Waals surface area contributed by atoms with Crippen molar-refractivity contribution in [1.82, 2.24) is 9.36 Å². The van der Waals surface area contributed by atoms with Crippen LogP contribution in [0.1, 0.15) is 32.5 Å². The van der Waals surface area contributed by atoms with Crippen molar-refractivity contribution in [1.29, 1.82) is 0 Å². The van der Waals surface area contributed by atoms with Crippen LogP contribution in [0.5, 0.6) is 0 Å². The van der Waals surface area contributed by atoms with E-state index in [0.29, 0.717) is 6.54 Å². The van der Waals surface area contributed by atoms with E-state index in [9.17, 15) is 0 Å². The molecule has 0 radical (unpaired) electrons. The van der Waals surface area contributed by atoms with Gasteiger partial charge in [0.1, 0.15) is 5.82 Å². The summed E-state index contributed by atoms with van der Waals surface area (Å²) in [5, 5.41) is 4.22. The lowest BCUT2D eigenvalue weighted by molar-refractivity contribution is 0.294. The van der Waals surface area contributed by atoms with Gasteiger partial charge in [-0.15, -0.1) is 0 Å². The van der Waals surface area contributed by atoms with Gasteiger partial charge in [0.15, 0.2) is 0 Å². The van der Waals surface area contributed by atoms with Crippen LogP contribution >= 0.6 is 11.5 Å². The average Bonchev–Trinajstić information content (AvgIpc) is 2.67. The molecular formula is C10H20N4S. The molecule has 0 spiro atoms. The topological polar surface area (TPSA) is 63.8 Å². The van der Waals surface area contributed by atoms with Gasteiger partial charge >= 0.3 is 0 Å². The van der Waals surface area contributed by atoms with Crippen LogP contribution in [0.15, 0.2) is 0 Å². The summed E-state index contributed by atoms with van der Waals surface area (Å²) in [7, 11) is 0. The lowest BCUT2D eigenvalue weighted by Crippen LogP contribution is -2.36. The van der Waals surface area contributed by atoms with Crippen molar-refractivity contribution in [3.63, 3.8) is 0 Å². The second kappa shape index (κ2) is 5.42. The Morgan fingerprint density at radius 3 is 2.47 bits per heavy atom. The Morgan fingerprint density at radius 2 is 2.07 bits per heavy atom. The van der Waals surface area contributed by atoms with Crippen LogP contribution in [-0.2, 0) is 0 Å². The Kier molecular flexibility index (Phi) is 4.47. The van der Waals surface area contributed by atoms with Crippen LogP contribution in [-0.4, -0.2) is 22.4 Å². The van der Waals surface area contributed by atoms with Gasteiger partial charge in [-0.1, -0.05) is 13.8 Å². The minimum absolute atomic E-state index is 0.194. The molecule has 0 amide bonds. The average molecular weight is 228 g/mol. The lowest BCUT2D eigenvalue weighted by atomic mass is 9.82. The van der Waals surface area contributed by atoms with E-state index in [1.165, 1.54) is 11.5 Å². The molecule has 0 saturated carbocycles. The fourth-order valence-corrected chi connectivity index (χ4v) is 2.06. The molecule has 0 fully saturated rings. The van der Waals surface area contributed by atoms with E-state index in [1.807, 2.05) is 6.92 Å². The number of nitrogens with two attached hydrogens (primary N) is 1. The Balaban J connectivity index is 2.54. The third kappa shape index (κ3) is 3.14. The molecule has 86 valence electrons. The largest absolute Gasteiger partial charge is 0.360 e. The van der Waals surface area contributed by atoms with Crippen LogP contribution in [0.25, 0.3) is 0 Å². The van der Waals surface area contributed by atoms with Gasteiger partial charge < -0.3 is 11.1 Å². The highest BCUT2D eigenvalue weighted by molar-refractivity contribution is 7.09. The molecule has 1 rings (SSSR count). The number of anilines is 1. The molecule has 15 heavy (non-hydrogen) atoms. The normalized spacial score (nSPS) is 11.7. The highest BCUT2D eigenvalue weighted by Gasteiger charge is 2.24. The molecular weight excluding hydrogens is 208 g/mol. The number of hydrogen-bond acceptors (Lipinski definition) is 5. The highest BCUT2D eigenvalue weighted by atomic mass is 32.1. The second-order valence-electron chi connectivity index (χ2n) is 3.91. The summed E-state index contributed by atoms with van der Waals surface area (Å²) < 4.78 is 4.13. The molecule has 1 heterocycles. The van der Waals surface area contributed by atoms with Crippen molar-refractivity contribution in [2.45, 2.75) is 33.6 Å². The summed E-state index contributed by atoms with van der Waals surface area (Å²) in [5.41, 5.74) is 6.02. The van der Waals surface area contributed by atoms with Crippen molar-refractivity contribution in [3.8, 4) is 0 Å². The van der Waals surface area contributed by atoms with Crippen molar-refractivity contribution in [3.05, 3.63) is 5.82 Å². The van der Waals surface area contributed by atoms with E-state index in [0.717, 1.165) is 30.3 Å². The molecule has 4 nitrogen and oxygen atoms in total. The predicted molar refractivity (Wildman–Crippen MR) is 65.2 cm³/mol. The molecule has 0 bridgehead atoms. The molecule has 3 N–H and O–H groups in total. The number of nitrogens with one attached hydrogen (secondary N) is 1. The fraction of sp³-hybridized carbons (Fsp3) is 0.800. The maximum absolute atomic E-state index is 5.83. The zero-order valence-corrected chi connectivity index (χ0v) is 10.5. The zero-order chi connectivity index (χ0) is 11.3. The summed E-state index contributed by atoms with van der Waals surface area (Å²) in [6, 6.07) is 0.